The van der Waals surface area contributed by atoms with Crippen LogP contribution in [-0.2, 0) is 19.5 Å². The molecule has 0 N–H and O–H groups in total. The zero-order valence-corrected chi connectivity index (χ0v) is 13.7. The molecule has 0 radical (unpaired) electrons. The number of nitrogens with zero attached hydrogens (tertiary/aromatic N) is 6. The molecule has 7 heteroatoms. The lowest BCUT2D eigenvalue weighted by Gasteiger charge is -2.27. The first-order valence-electron chi connectivity index (χ1n) is 7.95. The van der Waals surface area contributed by atoms with Gasteiger partial charge in [0.15, 0.2) is 5.82 Å². The molecule has 24 heavy (non-hydrogen) atoms. The normalized spacial score (nSPS) is 14.6. The van der Waals surface area contributed by atoms with Crippen LogP contribution in [0.15, 0.2) is 29.4 Å². The summed E-state index contributed by atoms with van der Waals surface area (Å²) in [6, 6.07) is 0. The Morgan fingerprint density at radius 1 is 1.17 bits per heavy atom. The smallest absolute Gasteiger partial charge is 0.162 e. The molecule has 0 saturated heterocycles. The van der Waals surface area contributed by atoms with Crippen LogP contribution in [0.4, 0.5) is 0 Å². The van der Waals surface area contributed by atoms with E-state index in [9.17, 15) is 0 Å². The highest BCUT2D eigenvalue weighted by Crippen LogP contribution is 2.23. The van der Waals surface area contributed by atoms with Crippen LogP contribution >= 0.6 is 0 Å². The fourth-order valence-corrected chi connectivity index (χ4v) is 3.01. The third-order valence-corrected chi connectivity index (χ3v) is 4.39. The Bertz CT molecular complexity index is 841. The van der Waals surface area contributed by atoms with E-state index in [0.717, 1.165) is 48.8 Å². The van der Waals surface area contributed by atoms with Gasteiger partial charge in [-0.15, -0.1) is 0 Å². The number of hydrogen-bond donors (Lipinski definition) is 0. The van der Waals surface area contributed by atoms with Gasteiger partial charge in [0.25, 0.3) is 0 Å². The first kappa shape index (κ1) is 14.9. The number of fused-ring (bicyclic) bond motifs is 1. The Hall–Kier alpha value is -2.67. The lowest BCUT2D eigenvalue weighted by Crippen LogP contribution is -2.31. The van der Waals surface area contributed by atoms with Crippen LogP contribution in [0.2, 0.25) is 0 Å². The lowest BCUT2D eigenvalue weighted by atomic mass is 10.1. The molecule has 1 aliphatic rings. The Kier molecular flexibility index (Phi) is 3.78. The van der Waals surface area contributed by atoms with Gasteiger partial charge in [0.05, 0.1) is 17.0 Å². The standard InChI is InChI=1S/C17H18N6O/c1-11-15(12(2)24-22-11)9-23-4-3-16-14(8-23)7-20-17(21-16)13-5-18-10-19-6-13/h5-7,10H,3-4,8-9H2,1-2H3. The molecule has 3 aromatic rings. The van der Waals surface area contributed by atoms with Crippen molar-refractivity contribution in [2.45, 2.75) is 33.4 Å². The van der Waals surface area contributed by atoms with E-state index in [0.29, 0.717) is 5.82 Å². The van der Waals surface area contributed by atoms with E-state index >= 15 is 0 Å². The number of hydrogen-bond acceptors (Lipinski definition) is 7. The fraction of sp³-hybridized carbons (Fsp3) is 0.353. The zero-order chi connectivity index (χ0) is 16.5. The molecule has 0 aliphatic carbocycles. The maximum Gasteiger partial charge on any atom is 0.162 e. The Balaban J connectivity index is 1.54. The maximum absolute atomic E-state index is 5.26. The highest BCUT2D eigenvalue weighted by atomic mass is 16.5. The summed E-state index contributed by atoms with van der Waals surface area (Å²) in [6.45, 7) is 6.59. The summed E-state index contributed by atoms with van der Waals surface area (Å²) in [4.78, 5) is 19.6. The second-order valence-corrected chi connectivity index (χ2v) is 6.06. The van der Waals surface area contributed by atoms with Gasteiger partial charge in [-0.25, -0.2) is 19.9 Å². The van der Waals surface area contributed by atoms with Crippen molar-refractivity contribution in [3.05, 3.63) is 53.2 Å². The highest BCUT2D eigenvalue weighted by Gasteiger charge is 2.21. The average Bonchev–Trinajstić information content (AvgIpc) is 2.94. The lowest BCUT2D eigenvalue weighted by molar-refractivity contribution is 0.241. The minimum atomic E-state index is 0.688. The molecule has 4 rings (SSSR count). The van der Waals surface area contributed by atoms with E-state index in [1.54, 1.807) is 12.4 Å². The van der Waals surface area contributed by atoms with Gasteiger partial charge >= 0.3 is 0 Å². The van der Waals surface area contributed by atoms with Gasteiger partial charge in [0.2, 0.25) is 0 Å². The summed E-state index contributed by atoms with van der Waals surface area (Å²) in [5.74, 6) is 1.59. The molecule has 0 aromatic carbocycles. The number of aromatic nitrogens is 5. The van der Waals surface area contributed by atoms with Crippen molar-refractivity contribution in [2.24, 2.45) is 0 Å². The molecule has 0 saturated carbocycles. The van der Waals surface area contributed by atoms with E-state index in [1.165, 1.54) is 17.5 Å². The summed E-state index contributed by atoms with van der Waals surface area (Å²) < 4.78 is 5.26. The highest BCUT2D eigenvalue weighted by molar-refractivity contribution is 5.52. The SMILES string of the molecule is Cc1noc(C)c1CN1CCc2nc(-c3cncnc3)ncc2C1. The minimum absolute atomic E-state index is 0.688. The zero-order valence-electron chi connectivity index (χ0n) is 13.7. The van der Waals surface area contributed by atoms with E-state index in [1.807, 2.05) is 20.0 Å². The predicted octanol–water partition coefficient (Wildman–Crippen LogP) is 2.10. The average molecular weight is 322 g/mol. The van der Waals surface area contributed by atoms with Crippen LogP contribution < -0.4 is 0 Å². The second-order valence-electron chi connectivity index (χ2n) is 6.06. The van der Waals surface area contributed by atoms with Crippen molar-refractivity contribution in [1.82, 2.24) is 30.0 Å². The van der Waals surface area contributed by atoms with Crippen molar-refractivity contribution in [1.29, 1.82) is 0 Å². The van der Waals surface area contributed by atoms with Crippen LogP contribution in [0.3, 0.4) is 0 Å². The minimum Gasteiger partial charge on any atom is -0.361 e. The molecule has 1 aliphatic heterocycles. The maximum atomic E-state index is 5.26. The predicted molar refractivity (Wildman–Crippen MR) is 86.9 cm³/mol. The van der Waals surface area contributed by atoms with Gasteiger partial charge in [0.1, 0.15) is 12.1 Å². The molecule has 4 heterocycles. The van der Waals surface area contributed by atoms with Crippen LogP contribution in [-0.4, -0.2) is 36.5 Å². The molecule has 0 fully saturated rings. The van der Waals surface area contributed by atoms with E-state index in [4.69, 9.17) is 9.51 Å². The van der Waals surface area contributed by atoms with Crippen molar-refractivity contribution in [3.63, 3.8) is 0 Å². The molecular formula is C17H18N6O. The molecule has 0 atom stereocenters. The Morgan fingerprint density at radius 3 is 2.75 bits per heavy atom. The third-order valence-electron chi connectivity index (χ3n) is 4.39. The molecule has 3 aromatic heterocycles. The molecular weight excluding hydrogens is 304 g/mol. The number of aryl methyl sites for hydroxylation is 2. The Morgan fingerprint density at radius 2 is 2.00 bits per heavy atom. The van der Waals surface area contributed by atoms with Gasteiger partial charge in [0, 0.05) is 55.8 Å². The van der Waals surface area contributed by atoms with Crippen molar-refractivity contribution in [2.75, 3.05) is 6.54 Å². The quantitative estimate of drug-likeness (QED) is 0.730. The van der Waals surface area contributed by atoms with Gasteiger partial charge in [-0.05, 0) is 13.8 Å². The van der Waals surface area contributed by atoms with Gasteiger partial charge in [-0.3, -0.25) is 4.90 Å². The molecule has 122 valence electrons. The monoisotopic (exact) mass is 322 g/mol. The van der Waals surface area contributed by atoms with E-state index in [-0.39, 0.29) is 0 Å². The molecule has 0 amide bonds. The van der Waals surface area contributed by atoms with Crippen LogP contribution in [0.25, 0.3) is 11.4 Å². The molecule has 0 unspecified atom stereocenters. The summed E-state index contributed by atoms with van der Waals surface area (Å²) in [5.41, 5.74) is 5.28. The molecule has 0 bridgehead atoms. The van der Waals surface area contributed by atoms with Crippen LogP contribution in [0.5, 0.6) is 0 Å². The van der Waals surface area contributed by atoms with Crippen molar-refractivity contribution < 1.29 is 4.52 Å². The van der Waals surface area contributed by atoms with Crippen molar-refractivity contribution in [3.8, 4) is 11.4 Å². The Labute approximate surface area is 139 Å². The fourth-order valence-electron chi connectivity index (χ4n) is 3.01. The van der Waals surface area contributed by atoms with Gasteiger partial charge in [-0.2, -0.15) is 0 Å². The summed E-state index contributed by atoms with van der Waals surface area (Å²) >= 11 is 0. The second kappa shape index (κ2) is 6.09. The first-order chi connectivity index (χ1) is 11.7. The summed E-state index contributed by atoms with van der Waals surface area (Å²) in [6.07, 6.45) is 7.81. The molecule has 0 spiro atoms. The summed E-state index contributed by atoms with van der Waals surface area (Å²) in [7, 11) is 0. The topological polar surface area (TPSA) is 80.8 Å². The summed E-state index contributed by atoms with van der Waals surface area (Å²) in [5, 5.41) is 4.03. The first-order valence-corrected chi connectivity index (χ1v) is 7.95. The van der Waals surface area contributed by atoms with Crippen LogP contribution in [0.1, 0.15) is 28.3 Å². The number of rotatable bonds is 3. The van der Waals surface area contributed by atoms with Crippen LogP contribution in [0, 0.1) is 13.8 Å². The van der Waals surface area contributed by atoms with Gasteiger partial charge in [-0.1, -0.05) is 5.16 Å². The molecule has 7 nitrogen and oxygen atoms in total. The van der Waals surface area contributed by atoms with Gasteiger partial charge < -0.3 is 4.52 Å². The van der Waals surface area contributed by atoms with Crippen molar-refractivity contribution >= 4 is 0 Å². The largest absolute Gasteiger partial charge is 0.361 e. The van der Waals surface area contributed by atoms with E-state index in [2.05, 4.69) is 25.0 Å². The third kappa shape index (κ3) is 2.78. The van der Waals surface area contributed by atoms with E-state index < -0.39 is 0 Å².